The third-order valence-corrected chi connectivity index (χ3v) is 3.60. The van der Waals surface area contributed by atoms with Crippen molar-refractivity contribution in [2.45, 2.75) is 39.2 Å². The van der Waals surface area contributed by atoms with Crippen molar-refractivity contribution in [1.29, 1.82) is 0 Å². The molecule has 0 atom stereocenters. The van der Waals surface area contributed by atoms with E-state index in [-0.39, 0.29) is 18.3 Å². The Bertz CT molecular complexity index is 541. The molecular weight excluding hydrogens is 280 g/mol. The predicted octanol–water partition coefficient (Wildman–Crippen LogP) is 1.70. The molecule has 0 aromatic heterocycles. The third kappa shape index (κ3) is 4.84. The fraction of sp³-hybridized carbons (Fsp3) is 0.529. The van der Waals surface area contributed by atoms with Crippen LogP contribution in [0.2, 0.25) is 0 Å². The highest BCUT2D eigenvalue weighted by atomic mass is 16.5. The van der Waals surface area contributed by atoms with E-state index in [4.69, 9.17) is 4.74 Å². The molecule has 1 aromatic carbocycles. The van der Waals surface area contributed by atoms with E-state index in [0.29, 0.717) is 24.8 Å². The molecule has 0 fully saturated rings. The minimum Gasteiger partial charge on any atom is -0.484 e. The molecule has 5 nitrogen and oxygen atoms in total. The van der Waals surface area contributed by atoms with Crippen molar-refractivity contribution in [3.8, 4) is 5.75 Å². The maximum Gasteiger partial charge on any atom is 0.257 e. The van der Waals surface area contributed by atoms with Crippen molar-refractivity contribution in [3.05, 3.63) is 29.3 Å². The lowest BCUT2D eigenvalue weighted by Gasteiger charge is -2.16. The fourth-order valence-corrected chi connectivity index (χ4v) is 2.46. The average molecular weight is 304 g/mol. The number of hydrogen-bond donors (Lipinski definition) is 2. The van der Waals surface area contributed by atoms with E-state index in [1.54, 1.807) is 6.07 Å². The topological polar surface area (TPSA) is 67.4 Å². The van der Waals surface area contributed by atoms with Gasteiger partial charge in [-0.15, -0.1) is 0 Å². The largest absolute Gasteiger partial charge is 0.484 e. The van der Waals surface area contributed by atoms with Gasteiger partial charge >= 0.3 is 0 Å². The summed E-state index contributed by atoms with van der Waals surface area (Å²) in [4.78, 5) is 23.5. The second-order valence-corrected chi connectivity index (χ2v) is 5.84. The van der Waals surface area contributed by atoms with E-state index in [0.717, 1.165) is 30.5 Å². The number of nitrogens with one attached hydrogen (secondary N) is 2. The number of ketones is 1. The molecule has 0 radical (unpaired) electrons. The van der Waals surface area contributed by atoms with Crippen molar-refractivity contribution in [1.82, 2.24) is 10.6 Å². The van der Waals surface area contributed by atoms with Crippen molar-refractivity contribution in [2.75, 3.05) is 19.7 Å². The monoisotopic (exact) mass is 304 g/mol. The lowest BCUT2D eigenvalue weighted by molar-refractivity contribution is -0.123. The van der Waals surface area contributed by atoms with Gasteiger partial charge in [-0.1, -0.05) is 19.9 Å². The molecule has 1 aliphatic carbocycles. The van der Waals surface area contributed by atoms with Crippen LogP contribution in [0.15, 0.2) is 18.2 Å². The Morgan fingerprint density at radius 2 is 2.09 bits per heavy atom. The van der Waals surface area contributed by atoms with Gasteiger partial charge in [-0.2, -0.15) is 0 Å². The Balaban J connectivity index is 1.78. The second kappa shape index (κ2) is 7.94. The summed E-state index contributed by atoms with van der Waals surface area (Å²) in [7, 11) is 0. The van der Waals surface area contributed by atoms with Crippen LogP contribution in [-0.4, -0.2) is 37.4 Å². The lowest BCUT2D eigenvalue weighted by atomic mass is 9.90. The molecule has 22 heavy (non-hydrogen) atoms. The number of Topliss-reactive ketones (excluding diaryl/α,β-unsaturated/α-hetero) is 1. The highest BCUT2D eigenvalue weighted by molar-refractivity contribution is 5.98. The second-order valence-electron chi connectivity index (χ2n) is 5.84. The van der Waals surface area contributed by atoms with Crippen molar-refractivity contribution >= 4 is 11.7 Å². The number of rotatable bonds is 7. The Morgan fingerprint density at radius 1 is 1.27 bits per heavy atom. The van der Waals surface area contributed by atoms with Crippen LogP contribution in [0.5, 0.6) is 5.75 Å². The normalized spacial score (nSPS) is 13.9. The van der Waals surface area contributed by atoms with Gasteiger partial charge in [-0.3, -0.25) is 9.59 Å². The molecule has 1 aliphatic rings. The molecule has 2 rings (SSSR count). The average Bonchev–Trinajstić information content (AvgIpc) is 2.50. The minimum atomic E-state index is -0.158. The predicted molar refractivity (Wildman–Crippen MR) is 85.4 cm³/mol. The molecule has 0 unspecified atom stereocenters. The molecular formula is C17H24N2O3. The lowest BCUT2D eigenvalue weighted by Crippen LogP contribution is -2.36. The smallest absolute Gasteiger partial charge is 0.257 e. The number of carbonyl (C=O) groups is 2. The summed E-state index contributed by atoms with van der Waals surface area (Å²) in [6, 6.07) is 5.91. The van der Waals surface area contributed by atoms with Gasteiger partial charge in [0, 0.05) is 31.1 Å². The number of hydrogen-bond acceptors (Lipinski definition) is 4. The third-order valence-electron chi connectivity index (χ3n) is 3.60. The molecule has 1 aromatic rings. The summed E-state index contributed by atoms with van der Waals surface area (Å²) >= 11 is 0. The number of carbonyl (C=O) groups excluding carboxylic acids is 2. The van der Waals surface area contributed by atoms with Gasteiger partial charge < -0.3 is 15.4 Å². The van der Waals surface area contributed by atoms with Crippen LogP contribution in [-0.2, 0) is 11.2 Å². The molecule has 0 heterocycles. The van der Waals surface area contributed by atoms with E-state index in [1.807, 2.05) is 12.1 Å². The molecule has 0 bridgehead atoms. The van der Waals surface area contributed by atoms with Gasteiger partial charge in [0.05, 0.1) is 0 Å². The molecule has 120 valence electrons. The zero-order valence-electron chi connectivity index (χ0n) is 13.3. The van der Waals surface area contributed by atoms with Crippen LogP contribution in [0.1, 0.15) is 42.6 Å². The molecule has 2 N–H and O–H groups in total. The molecule has 0 saturated carbocycles. The van der Waals surface area contributed by atoms with Gasteiger partial charge in [-0.25, -0.2) is 0 Å². The number of fused-ring (bicyclic) bond motifs is 1. The van der Waals surface area contributed by atoms with Crippen molar-refractivity contribution in [2.24, 2.45) is 0 Å². The van der Waals surface area contributed by atoms with Crippen LogP contribution in [0.25, 0.3) is 0 Å². The molecule has 5 heteroatoms. The SMILES string of the molecule is CC(C)NCCNC(=O)COc1ccc2c(c1)C(=O)CCC2. The van der Waals surface area contributed by atoms with Crippen LogP contribution in [0, 0.1) is 0 Å². The van der Waals surface area contributed by atoms with Gasteiger partial charge in [0.25, 0.3) is 5.91 Å². The first-order chi connectivity index (χ1) is 10.6. The van der Waals surface area contributed by atoms with Gasteiger partial charge in [0.15, 0.2) is 12.4 Å². The fourth-order valence-electron chi connectivity index (χ4n) is 2.46. The van der Waals surface area contributed by atoms with Gasteiger partial charge in [0.1, 0.15) is 5.75 Å². The van der Waals surface area contributed by atoms with E-state index in [9.17, 15) is 9.59 Å². The zero-order valence-corrected chi connectivity index (χ0v) is 13.3. The summed E-state index contributed by atoms with van der Waals surface area (Å²) in [6.45, 7) is 5.39. The summed E-state index contributed by atoms with van der Waals surface area (Å²) in [5, 5.41) is 6.01. The molecule has 0 saturated heterocycles. The first-order valence-corrected chi connectivity index (χ1v) is 7.85. The first kappa shape index (κ1) is 16.5. The molecule has 0 spiro atoms. The van der Waals surface area contributed by atoms with Crippen molar-refractivity contribution in [3.63, 3.8) is 0 Å². The maximum atomic E-state index is 11.9. The Hall–Kier alpha value is -1.88. The number of benzene rings is 1. The van der Waals surface area contributed by atoms with Crippen molar-refractivity contribution < 1.29 is 14.3 Å². The maximum absolute atomic E-state index is 11.9. The Morgan fingerprint density at radius 3 is 2.86 bits per heavy atom. The standard InChI is InChI=1S/C17H24N2O3/c1-12(2)18-8-9-19-17(21)11-22-14-7-6-13-4-3-5-16(20)15(13)10-14/h6-7,10,12,18H,3-5,8-9,11H2,1-2H3,(H,19,21). The minimum absolute atomic E-state index is 0.0331. The Kier molecular flexibility index (Phi) is 5.95. The molecule has 1 amide bonds. The first-order valence-electron chi connectivity index (χ1n) is 7.85. The summed E-state index contributed by atoms with van der Waals surface area (Å²) < 4.78 is 5.48. The van der Waals surface area contributed by atoms with Crippen LogP contribution in [0.4, 0.5) is 0 Å². The summed E-state index contributed by atoms with van der Waals surface area (Å²) in [5.41, 5.74) is 1.82. The summed E-state index contributed by atoms with van der Waals surface area (Å²) in [6.07, 6.45) is 2.45. The van der Waals surface area contributed by atoms with Gasteiger partial charge in [-0.05, 0) is 30.5 Å². The van der Waals surface area contributed by atoms with Gasteiger partial charge in [0.2, 0.25) is 0 Å². The van der Waals surface area contributed by atoms with Crippen LogP contribution < -0.4 is 15.4 Å². The van der Waals surface area contributed by atoms with E-state index >= 15 is 0 Å². The van der Waals surface area contributed by atoms with E-state index < -0.39 is 0 Å². The highest BCUT2D eigenvalue weighted by Gasteiger charge is 2.17. The van der Waals surface area contributed by atoms with Crippen LogP contribution in [0.3, 0.4) is 0 Å². The number of aryl methyl sites for hydroxylation is 1. The van der Waals surface area contributed by atoms with E-state index in [2.05, 4.69) is 24.5 Å². The quantitative estimate of drug-likeness (QED) is 0.752. The zero-order chi connectivity index (χ0) is 15.9. The highest BCUT2D eigenvalue weighted by Crippen LogP contribution is 2.25. The Labute approximate surface area is 131 Å². The van der Waals surface area contributed by atoms with Crippen LogP contribution >= 0.6 is 0 Å². The summed E-state index contributed by atoms with van der Waals surface area (Å²) in [5.74, 6) is 0.579. The number of amides is 1. The number of ether oxygens (including phenoxy) is 1. The molecule has 0 aliphatic heterocycles. The van der Waals surface area contributed by atoms with E-state index in [1.165, 1.54) is 0 Å².